The van der Waals surface area contributed by atoms with Gasteiger partial charge in [0, 0.05) is 12.0 Å². The molecule has 2 fully saturated rings. The standard InChI is InChI=1S/C24H25N3O2.C9H16/c1-3-20-24(27-22(28)14-9-16-7-5-4-6-8-16)26-21-13-10-17-15-18(29-2)11-12-19(17)23(21)25-20;1-7-4-8-2-3-9(5-7)6-8/h4-8,11-12,15H,3,9-10,13-14H2,1-2H3,(H,26,27,28);7-9H,2-6H2,1H3. The minimum atomic E-state index is -0.0289. The molecule has 0 spiro atoms. The maximum absolute atomic E-state index is 12.5. The molecule has 2 atom stereocenters. The molecule has 6 rings (SSSR count). The van der Waals surface area contributed by atoms with E-state index in [2.05, 4.69) is 24.4 Å². The first-order valence-corrected chi connectivity index (χ1v) is 14.4. The van der Waals surface area contributed by atoms with Crippen molar-refractivity contribution in [2.75, 3.05) is 12.4 Å². The number of aryl methyl sites for hydroxylation is 4. The maximum Gasteiger partial charge on any atom is 0.225 e. The molecule has 3 aromatic rings. The number of nitrogens with one attached hydrogen (secondary N) is 1. The Morgan fingerprint density at radius 2 is 1.76 bits per heavy atom. The SMILES string of the molecule is CC1CC2CCC(C1)C2.CCc1nc2c(nc1NC(=O)CCc1ccccc1)CCc1cc(OC)ccc1-2. The number of carbonyl (C=O) groups excluding carboxylic acids is 1. The number of carbonyl (C=O) groups is 1. The van der Waals surface area contributed by atoms with Gasteiger partial charge in [-0.3, -0.25) is 4.79 Å². The van der Waals surface area contributed by atoms with Crippen molar-refractivity contribution in [2.45, 2.75) is 78.1 Å². The van der Waals surface area contributed by atoms with Crippen LogP contribution in [0.15, 0.2) is 48.5 Å². The molecule has 200 valence electrons. The van der Waals surface area contributed by atoms with Gasteiger partial charge in [-0.1, -0.05) is 57.0 Å². The fourth-order valence-corrected chi connectivity index (χ4v) is 6.57. The van der Waals surface area contributed by atoms with Crippen molar-refractivity contribution >= 4 is 11.7 Å². The van der Waals surface area contributed by atoms with Gasteiger partial charge in [0.1, 0.15) is 5.75 Å². The van der Waals surface area contributed by atoms with Crippen molar-refractivity contribution in [3.05, 3.63) is 71.0 Å². The first-order valence-electron chi connectivity index (χ1n) is 14.4. The molecular formula is C33H41N3O2. The Balaban J connectivity index is 0.000000273. The van der Waals surface area contributed by atoms with E-state index in [0.717, 1.165) is 64.6 Å². The lowest BCUT2D eigenvalue weighted by Gasteiger charge is -2.23. The van der Waals surface area contributed by atoms with E-state index in [0.29, 0.717) is 25.1 Å². The number of fused-ring (bicyclic) bond motifs is 5. The van der Waals surface area contributed by atoms with E-state index in [-0.39, 0.29) is 5.91 Å². The Morgan fingerprint density at radius 3 is 2.47 bits per heavy atom. The van der Waals surface area contributed by atoms with Crippen molar-refractivity contribution in [1.82, 2.24) is 9.97 Å². The van der Waals surface area contributed by atoms with E-state index in [9.17, 15) is 4.79 Å². The lowest BCUT2D eigenvalue weighted by atomic mass is 9.82. The number of amides is 1. The number of aromatic nitrogens is 2. The topological polar surface area (TPSA) is 64.1 Å². The second kappa shape index (κ2) is 12.1. The van der Waals surface area contributed by atoms with Crippen LogP contribution >= 0.6 is 0 Å². The largest absolute Gasteiger partial charge is 0.497 e. The highest BCUT2D eigenvalue weighted by molar-refractivity contribution is 5.90. The van der Waals surface area contributed by atoms with Crippen molar-refractivity contribution in [3.8, 4) is 17.0 Å². The normalized spacial score (nSPS) is 21.0. The summed E-state index contributed by atoms with van der Waals surface area (Å²) in [5.41, 5.74) is 6.18. The van der Waals surface area contributed by atoms with Crippen LogP contribution in [-0.2, 0) is 30.5 Å². The van der Waals surface area contributed by atoms with E-state index in [1.165, 1.54) is 18.4 Å². The minimum absolute atomic E-state index is 0.0289. The summed E-state index contributed by atoms with van der Waals surface area (Å²) in [7, 11) is 1.68. The molecule has 0 aliphatic heterocycles. The van der Waals surface area contributed by atoms with Gasteiger partial charge in [0.2, 0.25) is 5.91 Å². The second-order valence-corrected chi connectivity index (χ2v) is 11.3. The molecule has 3 aliphatic carbocycles. The summed E-state index contributed by atoms with van der Waals surface area (Å²) in [6.07, 6.45) is 11.3. The van der Waals surface area contributed by atoms with Gasteiger partial charge in [-0.15, -0.1) is 0 Å². The van der Waals surface area contributed by atoms with Gasteiger partial charge in [-0.05, 0) is 92.0 Å². The third kappa shape index (κ3) is 6.25. The lowest BCUT2D eigenvalue weighted by molar-refractivity contribution is -0.116. The van der Waals surface area contributed by atoms with Crippen LogP contribution in [-0.4, -0.2) is 23.0 Å². The number of benzene rings is 2. The van der Waals surface area contributed by atoms with Crippen LogP contribution in [0.3, 0.4) is 0 Å². The van der Waals surface area contributed by atoms with Gasteiger partial charge >= 0.3 is 0 Å². The third-order valence-corrected chi connectivity index (χ3v) is 8.44. The van der Waals surface area contributed by atoms with Crippen LogP contribution in [0.2, 0.25) is 0 Å². The fraction of sp³-hybridized carbons (Fsp3) is 0.485. The highest BCUT2D eigenvalue weighted by Gasteiger charge is 2.31. The van der Waals surface area contributed by atoms with Crippen molar-refractivity contribution in [2.24, 2.45) is 17.8 Å². The summed E-state index contributed by atoms with van der Waals surface area (Å²) in [5.74, 6) is 4.76. The molecule has 2 aromatic carbocycles. The molecule has 38 heavy (non-hydrogen) atoms. The zero-order chi connectivity index (χ0) is 26.5. The summed E-state index contributed by atoms with van der Waals surface area (Å²) in [4.78, 5) is 22.2. The Morgan fingerprint density at radius 1 is 1.00 bits per heavy atom. The molecule has 2 unspecified atom stereocenters. The quantitative estimate of drug-likeness (QED) is 0.380. The monoisotopic (exact) mass is 511 g/mol. The van der Waals surface area contributed by atoms with Crippen LogP contribution < -0.4 is 10.1 Å². The highest BCUT2D eigenvalue weighted by Crippen LogP contribution is 2.44. The molecule has 1 N–H and O–H groups in total. The van der Waals surface area contributed by atoms with E-state index in [1.807, 2.05) is 43.3 Å². The Kier molecular flexibility index (Phi) is 8.41. The first-order chi connectivity index (χ1) is 18.5. The Bertz CT molecular complexity index is 1240. The predicted octanol–water partition coefficient (Wildman–Crippen LogP) is 7.22. The van der Waals surface area contributed by atoms with Gasteiger partial charge in [0.25, 0.3) is 0 Å². The van der Waals surface area contributed by atoms with E-state index in [1.54, 1.807) is 26.4 Å². The molecule has 1 aromatic heterocycles. The van der Waals surface area contributed by atoms with Crippen molar-refractivity contribution < 1.29 is 9.53 Å². The number of nitrogens with zero attached hydrogens (tertiary/aromatic N) is 2. The van der Waals surface area contributed by atoms with Gasteiger partial charge in [-0.2, -0.15) is 0 Å². The van der Waals surface area contributed by atoms with Gasteiger partial charge in [0.05, 0.1) is 24.2 Å². The molecule has 5 nitrogen and oxygen atoms in total. The van der Waals surface area contributed by atoms with E-state index < -0.39 is 0 Å². The zero-order valence-corrected chi connectivity index (χ0v) is 23.1. The predicted molar refractivity (Wildman–Crippen MR) is 153 cm³/mol. The van der Waals surface area contributed by atoms with Crippen LogP contribution in [0.5, 0.6) is 5.75 Å². The van der Waals surface area contributed by atoms with Crippen LogP contribution in [0.1, 0.15) is 74.9 Å². The number of anilines is 1. The second-order valence-electron chi connectivity index (χ2n) is 11.3. The van der Waals surface area contributed by atoms with Gasteiger partial charge in [-0.25, -0.2) is 9.97 Å². The molecule has 2 bridgehead atoms. The molecule has 3 aliphatic rings. The zero-order valence-electron chi connectivity index (χ0n) is 23.1. The summed E-state index contributed by atoms with van der Waals surface area (Å²) < 4.78 is 5.35. The van der Waals surface area contributed by atoms with E-state index in [4.69, 9.17) is 14.7 Å². The van der Waals surface area contributed by atoms with E-state index >= 15 is 0 Å². The summed E-state index contributed by atoms with van der Waals surface area (Å²) in [5, 5.41) is 2.99. The Labute approximate surface area is 227 Å². The number of hydrogen-bond donors (Lipinski definition) is 1. The van der Waals surface area contributed by atoms with Crippen LogP contribution in [0.4, 0.5) is 5.82 Å². The van der Waals surface area contributed by atoms with Gasteiger partial charge in [0.15, 0.2) is 5.82 Å². The van der Waals surface area contributed by atoms with Crippen LogP contribution in [0.25, 0.3) is 11.3 Å². The lowest BCUT2D eigenvalue weighted by Crippen LogP contribution is -2.18. The first kappa shape index (κ1) is 26.4. The summed E-state index contributed by atoms with van der Waals surface area (Å²) in [6.45, 7) is 4.46. The number of rotatable bonds is 6. The third-order valence-electron chi connectivity index (χ3n) is 8.44. The van der Waals surface area contributed by atoms with Crippen molar-refractivity contribution in [1.29, 1.82) is 0 Å². The number of methoxy groups -OCH3 is 1. The fourth-order valence-electron chi connectivity index (χ4n) is 6.57. The summed E-state index contributed by atoms with van der Waals surface area (Å²) >= 11 is 0. The molecule has 2 saturated carbocycles. The molecule has 5 heteroatoms. The smallest absolute Gasteiger partial charge is 0.225 e. The molecule has 0 saturated heterocycles. The van der Waals surface area contributed by atoms with Crippen molar-refractivity contribution in [3.63, 3.8) is 0 Å². The molecular weight excluding hydrogens is 470 g/mol. The van der Waals surface area contributed by atoms with Crippen LogP contribution in [0, 0.1) is 17.8 Å². The average molecular weight is 512 g/mol. The molecule has 0 radical (unpaired) electrons. The summed E-state index contributed by atoms with van der Waals surface area (Å²) in [6, 6.07) is 16.1. The Hall–Kier alpha value is -3.21. The minimum Gasteiger partial charge on any atom is -0.497 e. The maximum atomic E-state index is 12.5. The molecule has 1 amide bonds. The average Bonchev–Trinajstić information content (AvgIpc) is 3.29. The molecule has 1 heterocycles. The van der Waals surface area contributed by atoms with Gasteiger partial charge < -0.3 is 10.1 Å². The highest BCUT2D eigenvalue weighted by atomic mass is 16.5. The number of hydrogen-bond acceptors (Lipinski definition) is 4. The number of ether oxygens (including phenoxy) is 1.